The molecule has 0 radical (unpaired) electrons. The molecule has 2 atom stereocenters. The Morgan fingerprint density at radius 1 is 0.957 bits per heavy atom. The second-order valence-corrected chi connectivity index (χ2v) is 14.9. The van der Waals surface area contributed by atoms with Crippen LogP contribution in [0.5, 0.6) is 5.75 Å². The summed E-state index contributed by atoms with van der Waals surface area (Å²) in [6.07, 6.45) is 0. The van der Waals surface area contributed by atoms with Crippen LogP contribution in [-0.4, -0.2) is 72.9 Å². The number of amidine groups is 1. The smallest absolute Gasteiger partial charge is 0.326 e. The molecular weight excluding hydrogens is 645 g/mol. The van der Waals surface area contributed by atoms with E-state index in [4.69, 9.17) is 32.9 Å². The van der Waals surface area contributed by atoms with Crippen molar-refractivity contribution in [3.8, 4) is 11.8 Å². The molecule has 1 fully saturated rings. The van der Waals surface area contributed by atoms with Gasteiger partial charge in [0.15, 0.2) is 0 Å². The first kappa shape index (κ1) is 33.7. The number of amides is 2. The Morgan fingerprint density at radius 3 is 2.09 bits per heavy atom. The fourth-order valence-electron chi connectivity index (χ4n) is 5.76. The molecule has 46 heavy (non-hydrogen) atoms. The number of ether oxygens (including phenoxy) is 1. The molecule has 5 rings (SSSR count). The van der Waals surface area contributed by atoms with Gasteiger partial charge in [-0.05, 0) is 86.8 Å². The van der Waals surface area contributed by atoms with Gasteiger partial charge in [0.2, 0.25) is 10.0 Å². The van der Waals surface area contributed by atoms with Gasteiger partial charge in [0.1, 0.15) is 17.6 Å². The van der Waals surface area contributed by atoms with Crippen LogP contribution < -0.4 is 4.74 Å². The summed E-state index contributed by atoms with van der Waals surface area (Å²) in [5.41, 5.74) is 2.18. The Balaban J connectivity index is 1.67. The molecule has 0 bridgehead atoms. The van der Waals surface area contributed by atoms with Crippen LogP contribution in [0.4, 0.5) is 4.79 Å². The maximum absolute atomic E-state index is 14.7. The Labute approximate surface area is 281 Å². The highest BCUT2D eigenvalue weighted by Crippen LogP contribution is 2.45. The molecule has 0 spiro atoms. The molecule has 0 saturated carbocycles. The quantitative estimate of drug-likeness (QED) is 0.259. The molecule has 0 unspecified atom stereocenters. The molecule has 12 heteroatoms. The Hall–Kier alpha value is -3.62. The van der Waals surface area contributed by atoms with E-state index < -0.39 is 27.5 Å². The summed E-state index contributed by atoms with van der Waals surface area (Å²) < 4.78 is 32.5. The molecule has 3 aromatic carbocycles. The van der Waals surface area contributed by atoms with E-state index in [9.17, 15) is 18.5 Å². The van der Waals surface area contributed by atoms with Crippen LogP contribution >= 0.6 is 23.2 Å². The fourth-order valence-corrected chi connectivity index (χ4v) is 7.10. The van der Waals surface area contributed by atoms with Crippen LogP contribution in [0.1, 0.15) is 62.0 Å². The number of rotatable bonds is 8. The van der Waals surface area contributed by atoms with E-state index in [2.05, 4.69) is 6.07 Å². The number of carbonyl (C=O) groups excluding carboxylic acids is 1. The SMILES string of the molecule is CCOc1cc(C2=N[C@@H](c3ccc(Cl)cc3)[C@@H](c3ccc(Cl)cc3)N2C(=O)N2CCN(S(=O)(=O)CC)CC2)cc(C(C)(C)C#N)c1. The zero-order valence-corrected chi connectivity index (χ0v) is 28.6. The lowest BCUT2D eigenvalue weighted by Crippen LogP contribution is -2.55. The number of carbonyl (C=O) groups is 1. The van der Waals surface area contributed by atoms with E-state index in [1.165, 1.54) is 4.31 Å². The largest absolute Gasteiger partial charge is 0.494 e. The number of aliphatic imine (C=N–C) groups is 1. The van der Waals surface area contributed by atoms with Crippen molar-refractivity contribution in [2.75, 3.05) is 38.5 Å². The normalized spacial score (nSPS) is 19.1. The second-order valence-electron chi connectivity index (χ2n) is 11.8. The zero-order valence-electron chi connectivity index (χ0n) is 26.3. The van der Waals surface area contributed by atoms with Crippen molar-refractivity contribution in [2.45, 2.75) is 45.2 Å². The summed E-state index contributed by atoms with van der Waals surface area (Å²) in [6, 6.07) is 21.3. The minimum Gasteiger partial charge on any atom is -0.494 e. The molecule has 1 saturated heterocycles. The molecule has 2 aliphatic rings. The number of halogens is 2. The van der Waals surface area contributed by atoms with Gasteiger partial charge in [0, 0.05) is 41.8 Å². The number of nitrogens with zero attached hydrogens (tertiary/aromatic N) is 5. The van der Waals surface area contributed by atoms with Gasteiger partial charge in [-0.2, -0.15) is 9.57 Å². The second kappa shape index (κ2) is 13.6. The van der Waals surface area contributed by atoms with Gasteiger partial charge < -0.3 is 9.64 Å². The minimum atomic E-state index is -3.39. The van der Waals surface area contributed by atoms with Crippen LogP contribution in [0, 0.1) is 11.3 Å². The lowest BCUT2D eigenvalue weighted by molar-refractivity contribution is 0.143. The fraction of sp³-hybridized carbons (Fsp3) is 0.382. The van der Waals surface area contributed by atoms with E-state index in [-0.39, 0.29) is 38.0 Å². The Morgan fingerprint density at radius 2 is 1.54 bits per heavy atom. The van der Waals surface area contributed by atoms with Crippen molar-refractivity contribution >= 4 is 45.1 Å². The molecule has 0 aromatic heterocycles. The van der Waals surface area contributed by atoms with E-state index in [0.29, 0.717) is 33.8 Å². The van der Waals surface area contributed by atoms with Gasteiger partial charge >= 0.3 is 6.03 Å². The third-order valence-electron chi connectivity index (χ3n) is 8.44. The maximum atomic E-state index is 14.7. The summed E-state index contributed by atoms with van der Waals surface area (Å²) in [4.78, 5) is 23.3. The maximum Gasteiger partial charge on any atom is 0.326 e. The summed E-state index contributed by atoms with van der Waals surface area (Å²) in [6.45, 7) is 8.44. The van der Waals surface area contributed by atoms with Crippen LogP contribution in [0.25, 0.3) is 0 Å². The molecule has 9 nitrogen and oxygen atoms in total. The van der Waals surface area contributed by atoms with E-state index in [1.54, 1.807) is 41.0 Å². The number of hydrogen-bond acceptors (Lipinski definition) is 6. The number of hydrogen-bond donors (Lipinski definition) is 0. The van der Waals surface area contributed by atoms with Crippen molar-refractivity contribution in [2.24, 2.45) is 4.99 Å². The first-order valence-corrected chi connectivity index (χ1v) is 17.6. The number of benzene rings is 3. The monoisotopic (exact) mass is 681 g/mol. The average Bonchev–Trinajstić information content (AvgIpc) is 3.46. The van der Waals surface area contributed by atoms with Crippen LogP contribution in [0.15, 0.2) is 71.7 Å². The van der Waals surface area contributed by atoms with Gasteiger partial charge in [-0.1, -0.05) is 47.5 Å². The predicted molar refractivity (Wildman–Crippen MR) is 181 cm³/mol. The van der Waals surface area contributed by atoms with Gasteiger partial charge in [-0.15, -0.1) is 0 Å². The van der Waals surface area contributed by atoms with E-state index in [1.807, 2.05) is 63.2 Å². The zero-order chi connectivity index (χ0) is 33.2. The van der Waals surface area contributed by atoms with Crippen molar-refractivity contribution < 1.29 is 17.9 Å². The van der Waals surface area contributed by atoms with E-state index >= 15 is 0 Å². The first-order chi connectivity index (χ1) is 21.9. The lowest BCUT2D eigenvalue weighted by atomic mass is 9.85. The molecule has 0 N–H and O–H groups in total. The van der Waals surface area contributed by atoms with Crippen molar-refractivity contribution in [1.29, 1.82) is 5.26 Å². The van der Waals surface area contributed by atoms with Gasteiger partial charge in [0.25, 0.3) is 0 Å². The van der Waals surface area contributed by atoms with Gasteiger partial charge in [0.05, 0.1) is 29.9 Å². The van der Waals surface area contributed by atoms with Crippen LogP contribution in [-0.2, 0) is 15.4 Å². The standard InChI is InChI=1S/C34H37Cl2N5O4S/c1-5-45-29-20-25(19-26(21-29)34(3,4)22-37)32-38-30(23-7-11-27(35)12-8-23)31(24-9-13-28(36)14-10-24)41(32)33(42)39-15-17-40(18-16-39)46(43,44)6-2/h7-14,19-21,30-31H,5-6,15-18H2,1-4H3/t30-,31+/m0/s1. The van der Waals surface area contributed by atoms with Gasteiger partial charge in [-0.25, -0.2) is 13.2 Å². The van der Waals surface area contributed by atoms with E-state index in [0.717, 1.165) is 16.7 Å². The number of urea groups is 1. The summed E-state index contributed by atoms with van der Waals surface area (Å²) in [7, 11) is -3.39. The molecule has 2 amide bonds. The predicted octanol–water partition coefficient (Wildman–Crippen LogP) is 6.83. The molecular formula is C34H37Cl2N5O4S. The van der Waals surface area contributed by atoms with Crippen molar-refractivity contribution in [1.82, 2.24) is 14.1 Å². The van der Waals surface area contributed by atoms with Crippen LogP contribution in [0.3, 0.4) is 0 Å². The highest BCUT2D eigenvalue weighted by atomic mass is 35.5. The first-order valence-electron chi connectivity index (χ1n) is 15.2. The minimum absolute atomic E-state index is 0.00282. The van der Waals surface area contributed by atoms with Gasteiger partial charge in [-0.3, -0.25) is 9.89 Å². The lowest BCUT2D eigenvalue weighted by Gasteiger charge is -2.38. The highest BCUT2D eigenvalue weighted by molar-refractivity contribution is 7.89. The molecule has 2 aliphatic heterocycles. The summed E-state index contributed by atoms with van der Waals surface area (Å²) in [5.74, 6) is 0.984. The number of sulfonamides is 1. The Bertz CT molecular complexity index is 1760. The summed E-state index contributed by atoms with van der Waals surface area (Å²) in [5, 5.41) is 11.1. The molecule has 242 valence electrons. The number of piperazine rings is 1. The van der Waals surface area contributed by atoms with Crippen molar-refractivity contribution in [3.05, 3.63) is 99.0 Å². The van der Waals surface area contributed by atoms with Crippen LogP contribution in [0.2, 0.25) is 10.0 Å². The topological polar surface area (TPSA) is 106 Å². The number of nitriles is 1. The third-order valence-corrected chi connectivity index (χ3v) is 10.8. The Kier molecular flexibility index (Phi) is 9.99. The average molecular weight is 683 g/mol. The highest BCUT2D eigenvalue weighted by Gasteiger charge is 2.45. The summed E-state index contributed by atoms with van der Waals surface area (Å²) >= 11 is 12.6. The third kappa shape index (κ3) is 6.88. The molecule has 3 aromatic rings. The molecule has 0 aliphatic carbocycles. The molecule has 2 heterocycles. The van der Waals surface area contributed by atoms with Crippen molar-refractivity contribution in [3.63, 3.8) is 0 Å².